The molecule has 2 aliphatic heterocycles. The lowest BCUT2D eigenvalue weighted by Crippen LogP contribution is -2.35. The van der Waals surface area contributed by atoms with Crippen LogP contribution in [0.15, 0.2) is 36.7 Å². The number of nitrogens with zero attached hydrogens (tertiary/aromatic N) is 5. The third kappa shape index (κ3) is 5.06. The molecule has 1 amide bonds. The number of benzene rings is 1. The first-order valence-electron chi connectivity index (χ1n) is 12.2. The molecule has 0 aliphatic carbocycles. The zero-order valence-corrected chi connectivity index (χ0v) is 20.4. The van der Waals surface area contributed by atoms with Gasteiger partial charge in [0.05, 0.1) is 15.2 Å². The van der Waals surface area contributed by atoms with Crippen molar-refractivity contribution in [3.8, 4) is 0 Å². The summed E-state index contributed by atoms with van der Waals surface area (Å²) in [6, 6.07) is 6.45. The Balaban J connectivity index is 1.19. The van der Waals surface area contributed by atoms with Crippen LogP contribution in [-0.2, 0) is 12.8 Å². The van der Waals surface area contributed by atoms with Gasteiger partial charge in [-0.05, 0) is 60.4 Å². The Kier molecular flexibility index (Phi) is 6.76. The minimum absolute atomic E-state index is 0.462. The molecule has 0 saturated carbocycles. The van der Waals surface area contributed by atoms with Gasteiger partial charge in [-0.15, -0.1) is 11.3 Å². The molecule has 0 spiro atoms. The zero-order chi connectivity index (χ0) is 23.5. The summed E-state index contributed by atoms with van der Waals surface area (Å²) in [5.74, 6) is 1.49. The second kappa shape index (κ2) is 10.1. The van der Waals surface area contributed by atoms with Crippen molar-refractivity contribution in [2.45, 2.75) is 45.4 Å². The van der Waals surface area contributed by atoms with Crippen molar-refractivity contribution in [3.05, 3.63) is 52.8 Å². The average molecular weight is 478 g/mol. The summed E-state index contributed by atoms with van der Waals surface area (Å²) in [7, 11) is 0. The topological polar surface area (TPSA) is 82.5 Å². The molecule has 1 saturated heterocycles. The molecule has 1 fully saturated rings. The SMILES string of the molecule is CCCc1cnc(N2CCC(Cc3nc4ccc(C5=CCN(C(=O)O)CC5)cc4s3)CC2)nc1. The Morgan fingerprint density at radius 2 is 1.97 bits per heavy atom. The number of anilines is 1. The summed E-state index contributed by atoms with van der Waals surface area (Å²) >= 11 is 1.80. The number of amides is 1. The molecule has 7 nitrogen and oxygen atoms in total. The van der Waals surface area contributed by atoms with Gasteiger partial charge in [-0.3, -0.25) is 0 Å². The van der Waals surface area contributed by atoms with Gasteiger partial charge in [0.15, 0.2) is 0 Å². The Labute approximate surface area is 204 Å². The van der Waals surface area contributed by atoms with E-state index in [4.69, 9.17) is 10.1 Å². The molecule has 2 aliphatic rings. The zero-order valence-electron chi connectivity index (χ0n) is 19.6. The van der Waals surface area contributed by atoms with E-state index in [1.165, 1.54) is 31.3 Å². The van der Waals surface area contributed by atoms with E-state index in [1.807, 2.05) is 18.5 Å². The molecule has 0 radical (unpaired) electrons. The lowest BCUT2D eigenvalue weighted by molar-refractivity contribution is 0.150. The van der Waals surface area contributed by atoms with Gasteiger partial charge in [-0.2, -0.15) is 0 Å². The van der Waals surface area contributed by atoms with Gasteiger partial charge in [-0.1, -0.05) is 25.5 Å². The smallest absolute Gasteiger partial charge is 0.407 e. The quantitative estimate of drug-likeness (QED) is 0.521. The molecule has 0 atom stereocenters. The second-order valence-corrected chi connectivity index (χ2v) is 10.4. The molecule has 1 aromatic carbocycles. The van der Waals surface area contributed by atoms with Crippen LogP contribution in [0.2, 0.25) is 0 Å². The van der Waals surface area contributed by atoms with Crippen molar-refractivity contribution in [2.24, 2.45) is 5.92 Å². The Bertz CT molecular complexity index is 1180. The summed E-state index contributed by atoms with van der Waals surface area (Å²) in [4.78, 5) is 29.0. The third-order valence-corrected chi connectivity index (χ3v) is 7.91. The first kappa shape index (κ1) is 22.8. The summed E-state index contributed by atoms with van der Waals surface area (Å²) in [5, 5.41) is 10.4. The molecule has 3 aromatic rings. The highest BCUT2D eigenvalue weighted by atomic mass is 32.1. The van der Waals surface area contributed by atoms with Crippen LogP contribution in [0.4, 0.5) is 10.7 Å². The van der Waals surface area contributed by atoms with E-state index in [9.17, 15) is 4.79 Å². The van der Waals surface area contributed by atoms with E-state index < -0.39 is 6.09 Å². The Morgan fingerprint density at radius 1 is 1.18 bits per heavy atom. The van der Waals surface area contributed by atoms with Crippen molar-refractivity contribution >= 4 is 39.2 Å². The minimum atomic E-state index is -0.846. The highest BCUT2D eigenvalue weighted by Gasteiger charge is 2.23. The molecular weight excluding hydrogens is 446 g/mol. The van der Waals surface area contributed by atoms with Crippen LogP contribution < -0.4 is 4.90 Å². The predicted molar refractivity (Wildman–Crippen MR) is 136 cm³/mol. The highest BCUT2D eigenvalue weighted by molar-refractivity contribution is 7.18. The molecule has 5 rings (SSSR count). The maximum absolute atomic E-state index is 11.1. The van der Waals surface area contributed by atoms with E-state index in [0.717, 1.165) is 63.1 Å². The summed E-state index contributed by atoms with van der Waals surface area (Å²) in [6.45, 7) is 5.18. The van der Waals surface area contributed by atoms with Crippen LogP contribution in [0.3, 0.4) is 0 Å². The van der Waals surface area contributed by atoms with Crippen LogP contribution in [-0.4, -0.2) is 57.2 Å². The molecule has 4 heterocycles. The predicted octanol–water partition coefficient (Wildman–Crippen LogP) is 5.27. The number of thiazole rings is 1. The fraction of sp³-hybridized carbons (Fsp3) is 0.462. The molecule has 8 heteroatoms. The standard InChI is InChI=1S/C26H31N5O2S/c1-2-3-19-16-27-25(28-17-19)30-10-6-18(7-11-30)14-24-29-22-5-4-21(15-23(22)34-24)20-8-12-31(13-9-20)26(32)33/h4-5,8,15-18H,2-3,6-7,9-14H2,1H3,(H,32,33). The van der Waals surface area contributed by atoms with Crippen molar-refractivity contribution < 1.29 is 9.90 Å². The van der Waals surface area contributed by atoms with Crippen molar-refractivity contribution in [1.82, 2.24) is 19.9 Å². The molecule has 0 bridgehead atoms. The first-order chi connectivity index (χ1) is 16.6. The van der Waals surface area contributed by atoms with E-state index >= 15 is 0 Å². The van der Waals surface area contributed by atoms with Gasteiger partial charge in [0.1, 0.15) is 0 Å². The van der Waals surface area contributed by atoms with Crippen molar-refractivity contribution in [3.63, 3.8) is 0 Å². The fourth-order valence-corrected chi connectivity index (χ4v) is 6.00. The van der Waals surface area contributed by atoms with Gasteiger partial charge >= 0.3 is 6.09 Å². The van der Waals surface area contributed by atoms with Crippen LogP contribution >= 0.6 is 11.3 Å². The number of carbonyl (C=O) groups is 1. The monoisotopic (exact) mass is 477 g/mol. The van der Waals surface area contributed by atoms with Crippen LogP contribution in [0.25, 0.3) is 15.8 Å². The van der Waals surface area contributed by atoms with Gasteiger partial charge in [0, 0.05) is 45.0 Å². The number of carboxylic acid groups (broad SMARTS) is 1. The fourth-order valence-electron chi connectivity index (χ4n) is 4.88. The van der Waals surface area contributed by atoms with Crippen LogP contribution in [0.5, 0.6) is 0 Å². The second-order valence-electron chi connectivity index (χ2n) is 9.27. The molecular formula is C26H31N5O2S. The Hall–Kier alpha value is -3.00. The van der Waals surface area contributed by atoms with Crippen LogP contribution in [0, 0.1) is 5.92 Å². The first-order valence-corrected chi connectivity index (χ1v) is 13.0. The number of hydrogen-bond acceptors (Lipinski definition) is 6. The summed E-state index contributed by atoms with van der Waals surface area (Å²) < 4.78 is 1.21. The number of aromatic nitrogens is 3. The third-order valence-electron chi connectivity index (χ3n) is 6.87. The average Bonchev–Trinajstić information content (AvgIpc) is 3.27. The van der Waals surface area contributed by atoms with E-state index in [0.29, 0.717) is 19.0 Å². The molecule has 1 N–H and O–H groups in total. The molecule has 2 aromatic heterocycles. The Morgan fingerprint density at radius 3 is 2.65 bits per heavy atom. The lowest BCUT2D eigenvalue weighted by Gasteiger charge is -2.31. The van der Waals surface area contributed by atoms with Crippen molar-refractivity contribution in [1.29, 1.82) is 0 Å². The number of piperidine rings is 1. The lowest BCUT2D eigenvalue weighted by atomic mass is 9.94. The number of hydrogen-bond donors (Lipinski definition) is 1. The number of aryl methyl sites for hydroxylation is 1. The molecule has 178 valence electrons. The van der Waals surface area contributed by atoms with E-state index in [1.54, 1.807) is 11.3 Å². The largest absolute Gasteiger partial charge is 0.465 e. The maximum Gasteiger partial charge on any atom is 0.407 e. The minimum Gasteiger partial charge on any atom is -0.465 e. The highest BCUT2D eigenvalue weighted by Crippen LogP contribution is 2.31. The number of rotatable bonds is 6. The van der Waals surface area contributed by atoms with Gasteiger partial charge < -0.3 is 14.9 Å². The maximum atomic E-state index is 11.1. The molecule has 0 unspecified atom stereocenters. The van der Waals surface area contributed by atoms with E-state index in [-0.39, 0.29) is 0 Å². The van der Waals surface area contributed by atoms with Crippen molar-refractivity contribution in [2.75, 3.05) is 31.1 Å². The van der Waals surface area contributed by atoms with E-state index in [2.05, 4.69) is 40.0 Å². The van der Waals surface area contributed by atoms with Gasteiger partial charge in [-0.25, -0.2) is 19.7 Å². The van der Waals surface area contributed by atoms with Gasteiger partial charge in [0.2, 0.25) is 5.95 Å². The van der Waals surface area contributed by atoms with Crippen LogP contribution in [0.1, 0.15) is 48.7 Å². The number of fused-ring (bicyclic) bond motifs is 1. The summed E-state index contributed by atoms with van der Waals surface area (Å²) in [5.41, 5.74) is 4.69. The normalized spacial score (nSPS) is 17.3. The van der Waals surface area contributed by atoms with Gasteiger partial charge in [0.25, 0.3) is 0 Å². The molecule has 34 heavy (non-hydrogen) atoms. The summed E-state index contributed by atoms with van der Waals surface area (Å²) in [6.07, 6.45) is 11.3.